The number of H-pyrrole nitrogens is 1. The van der Waals surface area contributed by atoms with E-state index in [1.807, 2.05) is 13.8 Å². The normalized spacial score (nSPS) is 17.4. The third kappa shape index (κ3) is 35.6. The molecule has 3 fully saturated rings. The molecule has 5 aromatic rings. The summed E-state index contributed by atoms with van der Waals surface area (Å²) < 4.78 is 0. The number of benzene rings is 4. The van der Waals surface area contributed by atoms with E-state index in [1.165, 1.54) is 25.7 Å². The van der Waals surface area contributed by atoms with E-state index in [2.05, 4.69) is 110 Å². The molecule has 0 unspecified atom stereocenters. The lowest BCUT2D eigenvalue weighted by Gasteiger charge is -2.32. The molecular formula is C99H136N22O25S2. The van der Waals surface area contributed by atoms with Crippen molar-refractivity contribution in [3.05, 3.63) is 144 Å². The Hall–Kier alpha value is -14.6. The highest BCUT2D eigenvalue weighted by atomic mass is 32.1. The van der Waals surface area contributed by atoms with Gasteiger partial charge in [0.1, 0.15) is 103 Å². The fourth-order valence-electron chi connectivity index (χ4n) is 17.4. The van der Waals surface area contributed by atoms with Crippen LogP contribution in [-0.2, 0) is 131 Å². The second kappa shape index (κ2) is 57.5. The van der Waals surface area contributed by atoms with Crippen LogP contribution in [0.4, 0.5) is 0 Å². The van der Waals surface area contributed by atoms with Gasteiger partial charge in [0.05, 0.1) is 38.5 Å². The highest BCUT2D eigenvalue weighted by Gasteiger charge is 2.46. The van der Waals surface area contributed by atoms with Crippen molar-refractivity contribution in [3.8, 4) is 0 Å². The number of carbonyl (C=O) groups is 22. The number of carboxylic acids is 2. The summed E-state index contributed by atoms with van der Waals surface area (Å²) in [6, 6.07) is 5.54. The van der Waals surface area contributed by atoms with Gasteiger partial charge in [-0.25, -0.2) is 4.79 Å². The molecule has 0 spiro atoms. The van der Waals surface area contributed by atoms with Gasteiger partial charge in [-0.15, -0.1) is 0 Å². The maximum Gasteiger partial charge on any atom is 0.327 e. The van der Waals surface area contributed by atoms with Crippen molar-refractivity contribution < 1.29 is 121 Å². The number of aliphatic carboxylic acids is 2. The number of carbonyl (C=O) groups excluding carboxylic acids is 20. The molecule has 3 aliphatic heterocycles. The maximum absolute atomic E-state index is 15.2. The van der Waals surface area contributed by atoms with Crippen molar-refractivity contribution in [1.29, 1.82) is 0 Å². The number of primary amides is 2. The molecule has 4 aromatic carbocycles. The van der Waals surface area contributed by atoms with Gasteiger partial charge < -0.3 is 132 Å². The molecule has 1 aromatic heterocycles. The Morgan fingerprint density at radius 2 is 0.743 bits per heavy atom. The van der Waals surface area contributed by atoms with Crippen LogP contribution in [0.5, 0.6) is 0 Å². The molecule has 47 nitrogen and oxygen atoms in total. The first-order chi connectivity index (χ1) is 70.2. The number of aromatic nitrogens is 1. The molecule has 8 rings (SSSR count). The third-order valence-electron chi connectivity index (χ3n) is 25.0. The number of nitrogens with one attached hydrogen (secondary N) is 16. The molecule has 0 saturated carbocycles. The number of aliphatic hydroxyl groups excluding tert-OH is 1. The van der Waals surface area contributed by atoms with Gasteiger partial charge in [-0.1, -0.05) is 151 Å². The summed E-state index contributed by atoms with van der Waals surface area (Å²) in [7, 11) is 0. The lowest BCUT2D eigenvalue weighted by Crippen LogP contribution is -2.63. The number of fused-ring (bicyclic) bond motifs is 1. The van der Waals surface area contributed by atoms with Crippen LogP contribution in [-0.4, -0.2) is 318 Å². The van der Waals surface area contributed by atoms with Crippen molar-refractivity contribution in [2.24, 2.45) is 35.0 Å². The Morgan fingerprint density at radius 1 is 0.378 bits per heavy atom. The average molecular weight is 2100 g/mol. The van der Waals surface area contributed by atoms with Gasteiger partial charge in [-0.2, -0.15) is 25.3 Å². The van der Waals surface area contributed by atoms with Gasteiger partial charge in [-0.3, -0.25) is 101 Å². The summed E-state index contributed by atoms with van der Waals surface area (Å²) in [4.78, 5) is 314. The van der Waals surface area contributed by atoms with Crippen LogP contribution in [0.2, 0.25) is 0 Å². The van der Waals surface area contributed by atoms with Crippen molar-refractivity contribution in [1.82, 2.24) is 99.4 Å². The molecule has 148 heavy (non-hydrogen) atoms. The summed E-state index contributed by atoms with van der Waals surface area (Å²) in [5.41, 5.74) is 19.6. The van der Waals surface area contributed by atoms with Crippen molar-refractivity contribution in [2.75, 3.05) is 44.2 Å². The van der Waals surface area contributed by atoms with E-state index in [1.54, 1.807) is 135 Å². The molecule has 3 saturated heterocycles. The second-order valence-corrected chi connectivity index (χ2v) is 38.7. The van der Waals surface area contributed by atoms with Crippen LogP contribution in [0.1, 0.15) is 148 Å². The summed E-state index contributed by atoms with van der Waals surface area (Å²) in [6.07, 6.45) is -3.08. The Labute approximate surface area is 865 Å². The lowest BCUT2D eigenvalue weighted by atomic mass is 9.99. The first-order valence-electron chi connectivity index (χ1n) is 48.9. The van der Waals surface area contributed by atoms with Gasteiger partial charge >= 0.3 is 11.9 Å². The standard InChI is InChI=1S/C99H136N22O25S2/c1-51(2)37-62(108-89(135)69(45-80(127)128)111-88(134)67(43-76(101)123)114-93(139)74-32-21-35-120(74)97(143)71(49-147)107-79(126)48-104-84(130)66(42-59-47-103-61-30-19-18-29-60(59)61)113-92(138)73-31-20-34-119(73)96(142)70(38-52(3)4)106-78(125)46-100)86(132)109-64(40-57-25-14-10-15-26-57)87(133)110-65(41-58-27-16-11-17-28-58)90(136)117-81(53(5)6)95(141)115-68(44-77(102)124)91(137)118-82(55(8)122)98(144)121-36-22-33-75(121)94(140)112-63(39-56-23-12-9-13-24-56)85(131)105-54(7)83(129)116-72(50-148)99(145)146/h9-19,23-30,47,51-55,62-75,81-82,103,122,147-148H,20-22,31-46,48-50,100H2,1-8H3,(H2,101,123)(H2,102,124)(H,104,130)(H,105,131)(H,106,125)(H,107,126)(H,108,135)(H,109,132)(H,110,133)(H,111,134)(H,112,140)(H,113,138)(H,114,139)(H,115,141)(H,116,129)(H,117,136)(H,118,137)(H,127,128)(H,145,146)/t54-,55+,62-,63-,64-,65-,66-,67-,68-,69-,70-,71-,72-,73-,74-,75-,81-,82-/m0/s1. The van der Waals surface area contributed by atoms with Gasteiger partial charge in [-0.05, 0) is 111 Å². The highest BCUT2D eigenvalue weighted by Crippen LogP contribution is 2.27. The zero-order valence-electron chi connectivity index (χ0n) is 83.5. The number of nitrogens with zero attached hydrogens (tertiary/aromatic N) is 3. The van der Waals surface area contributed by atoms with E-state index in [-0.39, 0.29) is 114 Å². The van der Waals surface area contributed by atoms with Crippen LogP contribution >= 0.6 is 25.3 Å². The third-order valence-corrected chi connectivity index (χ3v) is 25.8. The lowest BCUT2D eigenvalue weighted by molar-refractivity contribution is -0.145. The van der Waals surface area contributed by atoms with Crippen LogP contribution in [0.15, 0.2) is 121 Å². The molecule has 4 heterocycles. The zero-order chi connectivity index (χ0) is 109. The number of rotatable bonds is 56. The van der Waals surface area contributed by atoms with Crippen LogP contribution in [0, 0.1) is 17.8 Å². The minimum atomic E-state index is -2.11. The fourth-order valence-corrected chi connectivity index (χ4v) is 17.9. The van der Waals surface area contributed by atoms with Crippen molar-refractivity contribution in [3.63, 3.8) is 0 Å². The number of thiol groups is 2. The topological polar surface area (TPSA) is 720 Å². The number of hydrogen-bond acceptors (Lipinski definition) is 26. The van der Waals surface area contributed by atoms with E-state index >= 15 is 9.59 Å². The minimum absolute atomic E-state index is 0.00963. The summed E-state index contributed by atoms with van der Waals surface area (Å²) in [5.74, 6) is -24.7. The van der Waals surface area contributed by atoms with E-state index < -0.39 is 277 Å². The number of aliphatic hydroxyl groups is 1. The molecule has 18 atom stereocenters. The number of nitrogens with two attached hydrogens (primary N) is 3. The van der Waals surface area contributed by atoms with Gasteiger partial charge in [0.15, 0.2) is 0 Å². The molecule has 20 amide bonds. The summed E-state index contributed by atoms with van der Waals surface area (Å²) in [5, 5.41) is 69.3. The van der Waals surface area contributed by atoms with Crippen molar-refractivity contribution in [2.45, 2.75) is 261 Å². The van der Waals surface area contributed by atoms with Gasteiger partial charge in [0.2, 0.25) is 118 Å². The Bertz CT molecular complexity index is 5570. The number of para-hydroxylation sites is 1. The van der Waals surface area contributed by atoms with E-state index in [4.69, 9.17) is 17.2 Å². The predicted octanol–water partition coefficient (Wildman–Crippen LogP) is -4.41. The zero-order valence-corrected chi connectivity index (χ0v) is 85.3. The number of carboxylic acid groups (broad SMARTS) is 2. The van der Waals surface area contributed by atoms with E-state index in [0.29, 0.717) is 34.2 Å². The number of hydrogen-bond donors (Lipinski definition) is 24. The minimum Gasteiger partial charge on any atom is -0.481 e. The first-order valence-corrected chi connectivity index (χ1v) is 50.2. The number of likely N-dealkylation sites (tertiary alicyclic amines) is 3. The molecule has 25 N–H and O–H groups in total. The van der Waals surface area contributed by atoms with E-state index in [0.717, 1.165) is 22.1 Å². The summed E-state index contributed by atoms with van der Waals surface area (Å²) >= 11 is 8.28. The largest absolute Gasteiger partial charge is 0.481 e. The molecule has 804 valence electrons. The first kappa shape index (κ1) is 119. The fraction of sp³-hybridized carbons (Fsp3) is 0.515. The molecule has 0 aliphatic carbocycles. The van der Waals surface area contributed by atoms with Gasteiger partial charge in [0, 0.05) is 73.9 Å². The number of aromatic amines is 1. The molecule has 0 bridgehead atoms. The van der Waals surface area contributed by atoms with Crippen molar-refractivity contribution >= 4 is 166 Å². The van der Waals surface area contributed by atoms with Gasteiger partial charge in [0.25, 0.3) is 0 Å². The predicted molar refractivity (Wildman–Crippen MR) is 542 cm³/mol. The highest BCUT2D eigenvalue weighted by molar-refractivity contribution is 7.80. The number of amides is 20. The molecule has 49 heteroatoms. The molecule has 0 radical (unpaired) electrons. The smallest absolute Gasteiger partial charge is 0.327 e. The van der Waals surface area contributed by atoms with Crippen LogP contribution < -0.4 is 97.0 Å². The Morgan fingerprint density at radius 3 is 1.20 bits per heavy atom. The Balaban J connectivity index is 0.929. The second-order valence-electron chi connectivity index (χ2n) is 38.0. The molecular weight excluding hydrogens is 1960 g/mol. The SMILES string of the molecule is CC(C)C[C@H](NC(=O)[C@H](CC(=O)O)NC(=O)[C@H](CC(N)=O)NC(=O)[C@@H]1CCCN1C(=O)[C@H](CS)NC(=O)CNC(=O)[C@H](Cc1c[nH]c2ccccc12)NC(=O)[C@@H]1CCCN1C(=O)[C@H](CC(C)C)NC(=O)CN)C(=O)N[C@@H](Cc1ccccc1)C(=O)N[C@@H](Cc1ccccc1)C(=O)N[C@H](C(=O)N[C@@H](CC(N)=O)C(=O)N[C@H](C(=O)N1CCC[C@H]1C(=O)N[C@@H](Cc1ccccc1)C(=O)N[C@@H](C)C(=O)N[C@@H](CS)C(=O)O)[C@@H](C)O)C(C)C. The van der Waals surface area contributed by atoms with Crippen LogP contribution in [0.25, 0.3) is 10.9 Å². The van der Waals surface area contributed by atoms with Crippen LogP contribution in [0.3, 0.4) is 0 Å². The quantitative estimate of drug-likeness (QED) is 0.0163. The monoisotopic (exact) mass is 2100 g/mol. The Kier molecular flexibility index (Phi) is 46.1. The summed E-state index contributed by atoms with van der Waals surface area (Å²) in [6.45, 7) is 11.2. The molecule has 3 aliphatic rings. The van der Waals surface area contributed by atoms with E-state index in [9.17, 15) is 111 Å². The maximum atomic E-state index is 15.2. The average Bonchev–Trinajstić information content (AvgIpc) is 1.60.